The Balaban J connectivity index is 2.13. The summed E-state index contributed by atoms with van der Waals surface area (Å²) in [5, 5.41) is 8.83. The number of aromatic nitrogens is 2. The molecule has 2 N–H and O–H groups in total. The normalized spacial score (nSPS) is 10.4. The second-order valence-corrected chi connectivity index (χ2v) is 4.37. The molecule has 0 aliphatic heterocycles. The molecule has 0 saturated heterocycles. The van der Waals surface area contributed by atoms with E-state index < -0.39 is 11.5 Å². The zero-order valence-electron chi connectivity index (χ0n) is 10.5. The highest BCUT2D eigenvalue weighted by atomic mass is 16.4. The molecule has 2 rings (SSSR count). The molecule has 0 unspecified atom stereocenters. The Morgan fingerprint density at radius 1 is 1.26 bits per heavy atom. The quantitative estimate of drug-likeness (QED) is 0.871. The molecule has 0 spiro atoms. The lowest BCUT2D eigenvalue weighted by Crippen LogP contribution is -2.16. The van der Waals surface area contributed by atoms with Crippen LogP contribution < -0.4 is 5.56 Å². The summed E-state index contributed by atoms with van der Waals surface area (Å²) in [5.74, 6) is -0.798. The average molecular weight is 258 g/mol. The summed E-state index contributed by atoms with van der Waals surface area (Å²) < 4.78 is 0. The van der Waals surface area contributed by atoms with Crippen LogP contribution >= 0.6 is 0 Å². The zero-order chi connectivity index (χ0) is 13.8. The molecule has 0 aliphatic carbocycles. The van der Waals surface area contributed by atoms with Crippen molar-refractivity contribution in [2.45, 2.75) is 19.8 Å². The summed E-state index contributed by atoms with van der Waals surface area (Å²) in [4.78, 5) is 28.6. The number of nitrogens with zero attached hydrogens (tertiary/aromatic N) is 1. The van der Waals surface area contributed by atoms with Gasteiger partial charge in [-0.25, -0.2) is 9.78 Å². The highest BCUT2D eigenvalue weighted by Crippen LogP contribution is 2.06. The second kappa shape index (κ2) is 5.48. The number of carbonyl (C=O) groups is 1. The molecule has 0 saturated carbocycles. The number of aryl methyl sites for hydroxylation is 3. The Morgan fingerprint density at radius 3 is 2.58 bits per heavy atom. The van der Waals surface area contributed by atoms with Crippen molar-refractivity contribution >= 4 is 5.97 Å². The van der Waals surface area contributed by atoms with Crippen molar-refractivity contribution in [3.8, 4) is 0 Å². The van der Waals surface area contributed by atoms with Gasteiger partial charge in [0.05, 0.1) is 0 Å². The standard InChI is InChI=1S/C14H14N2O3/c1-9-2-4-10(5-3-9)6-7-12-15-11(14(18)19)8-13(17)16-12/h2-5,8H,6-7H2,1H3,(H,18,19)(H,15,16,17). The Labute approximate surface area is 110 Å². The van der Waals surface area contributed by atoms with Gasteiger partial charge < -0.3 is 10.1 Å². The predicted octanol–water partition coefficient (Wildman–Crippen LogP) is 1.56. The van der Waals surface area contributed by atoms with E-state index in [1.807, 2.05) is 31.2 Å². The van der Waals surface area contributed by atoms with Crippen molar-refractivity contribution < 1.29 is 9.90 Å². The van der Waals surface area contributed by atoms with Crippen LogP contribution in [0, 0.1) is 6.92 Å². The largest absolute Gasteiger partial charge is 0.477 e. The summed E-state index contributed by atoms with van der Waals surface area (Å²) in [6, 6.07) is 9.03. The van der Waals surface area contributed by atoms with Crippen molar-refractivity contribution in [2.24, 2.45) is 0 Å². The number of carboxylic acids is 1. The van der Waals surface area contributed by atoms with E-state index in [0.29, 0.717) is 18.7 Å². The van der Waals surface area contributed by atoms with Crippen molar-refractivity contribution in [2.75, 3.05) is 0 Å². The minimum Gasteiger partial charge on any atom is -0.477 e. The molecule has 98 valence electrons. The number of H-pyrrole nitrogens is 1. The number of carboxylic acid groups (broad SMARTS) is 1. The van der Waals surface area contributed by atoms with Crippen LogP contribution in [0.25, 0.3) is 0 Å². The number of hydrogen-bond acceptors (Lipinski definition) is 3. The summed E-state index contributed by atoms with van der Waals surface area (Å²) in [5.41, 5.74) is 1.64. The van der Waals surface area contributed by atoms with Gasteiger partial charge in [-0.3, -0.25) is 4.79 Å². The molecule has 19 heavy (non-hydrogen) atoms. The average Bonchev–Trinajstić information content (AvgIpc) is 2.37. The fourth-order valence-corrected chi connectivity index (χ4v) is 1.75. The summed E-state index contributed by atoms with van der Waals surface area (Å²) in [6.45, 7) is 2.01. The van der Waals surface area contributed by atoms with Gasteiger partial charge in [0.25, 0.3) is 5.56 Å². The number of aromatic amines is 1. The van der Waals surface area contributed by atoms with Gasteiger partial charge in [-0.05, 0) is 18.9 Å². The Morgan fingerprint density at radius 2 is 1.95 bits per heavy atom. The van der Waals surface area contributed by atoms with E-state index in [-0.39, 0.29) is 5.69 Å². The third-order valence-electron chi connectivity index (χ3n) is 2.78. The second-order valence-electron chi connectivity index (χ2n) is 4.37. The van der Waals surface area contributed by atoms with E-state index in [9.17, 15) is 9.59 Å². The van der Waals surface area contributed by atoms with Crippen LogP contribution in [-0.4, -0.2) is 21.0 Å². The van der Waals surface area contributed by atoms with Crippen LogP contribution in [-0.2, 0) is 12.8 Å². The van der Waals surface area contributed by atoms with Gasteiger partial charge in [-0.2, -0.15) is 0 Å². The van der Waals surface area contributed by atoms with E-state index in [2.05, 4.69) is 9.97 Å². The third kappa shape index (κ3) is 3.51. The maximum absolute atomic E-state index is 11.3. The van der Waals surface area contributed by atoms with Gasteiger partial charge in [-0.1, -0.05) is 29.8 Å². The topological polar surface area (TPSA) is 83.0 Å². The number of hydrogen-bond donors (Lipinski definition) is 2. The lowest BCUT2D eigenvalue weighted by atomic mass is 10.1. The Bertz CT molecular complexity index is 644. The molecular formula is C14H14N2O3. The molecule has 1 heterocycles. The molecule has 2 aromatic rings. The first kappa shape index (κ1) is 13.0. The fraction of sp³-hybridized carbons (Fsp3) is 0.214. The Kier molecular flexibility index (Phi) is 3.75. The minimum absolute atomic E-state index is 0.220. The van der Waals surface area contributed by atoms with Crippen molar-refractivity contribution in [3.63, 3.8) is 0 Å². The molecule has 5 nitrogen and oxygen atoms in total. The molecule has 0 amide bonds. The molecule has 0 bridgehead atoms. The van der Waals surface area contributed by atoms with Crippen LogP contribution in [0.1, 0.15) is 27.4 Å². The highest BCUT2D eigenvalue weighted by molar-refractivity contribution is 5.85. The number of benzene rings is 1. The van der Waals surface area contributed by atoms with Crippen LogP contribution in [0.15, 0.2) is 35.1 Å². The molecule has 0 aliphatic rings. The first-order chi connectivity index (χ1) is 9.04. The van der Waals surface area contributed by atoms with E-state index in [4.69, 9.17) is 5.11 Å². The van der Waals surface area contributed by atoms with E-state index in [0.717, 1.165) is 11.6 Å². The maximum atomic E-state index is 11.3. The fourth-order valence-electron chi connectivity index (χ4n) is 1.75. The molecular weight excluding hydrogens is 244 g/mol. The molecule has 1 aromatic carbocycles. The molecule has 1 aromatic heterocycles. The van der Waals surface area contributed by atoms with Crippen LogP contribution in [0.5, 0.6) is 0 Å². The van der Waals surface area contributed by atoms with Crippen molar-refractivity contribution in [1.29, 1.82) is 0 Å². The molecule has 0 atom stereocenters. The van der Waals surface area contributed by atoms with Gasteiger partial charge in [0.1, 0.15) is 5.82 Å². The molecule has 0 radical (unpaired) electrons. The van der Waals surface area contributed by atoms with Crippen LogP contribution in [0.3, 0.4) is 0 Å². The smallest absolute Gasteiger partial charge is 0.354 e. The van der Waals surface area contributed by atoms with Crippen molar-refractivity contribution in [1.82, 2.24) is 9.97 Å². The van der Waals surface area contributed by atoms with Gasteiger partial charge >= 0.3 is 5.97 Å². The van der Waals surface area contributed by atoms with Gasteiger partial charge in [0, 0.05) is 12.5 Å². The SMILES string of the molecule is Cc1ccc(CCc2nc(C(=O)O)cc(=O)[nH]2)cc1. The maximum Gasteiger partial charge on any atom is 0.354 e. The van der Waals surface area contributed by atoms with E-state index in [1.165, 1.54) is 5.56 Å². The minimum atomic E-state index is -1.19. The van der Waals surface area contributed by atoms with Gasteiger partial charge in [0.15, 0.2) is 5.69 Å². The lowest BCUT2D eigenvalue weighted by molar-refractivity contribution is 0.0689. The van der Waals surface area contributed by atoms with E-state index >= 15 is 0 Å². The summed E-state index contributed by atoms with van der Waals surface area (Å²) >= 11 is 0. The summed E-state index contributed by atoms with van der Waals surface area (Å²) in [6.07, 6.45) is 1.20. The first-order valence-electron chi connectivity index (χ1n) is 5.93. The van der Waals surface area contributed by atoms with Crippen molar-refractivity contribution in [3.05, 3.63) is 63.3 Å². The first-order valence-corrected chi connectivity index (χ1v) is 5.93. The van der Waals surface area contributed by atoms with Crippen LogP contribution in [0.4, 0.5) is 0 Å². The van der Waals surface area contributed by atoms with E-state index in [1.54, 1.807) is 0 Å². The number of nitrogens with one attached hydrogen (secondary N) is 1. The van der Waals surface area contributed by atoms with Gasteiger partial charge in [0.2, 0.25) is 0 Å². The predicted molar refractivity (Wildman–Crippen MR) is 70.4 cm³/mol. The zero-order valence-corrected chi connectivity index (χ0v) is 10.5. The Hall–Kier alpha value is -2.43. The monoisotopic (exact) mass is 258 g/mol. The van der Waals surface area contributed by atoms with Crippen LogP contribution in [0.2, 0.25) is 0 Å². The third-order valence-corrected chi connectivity index (χ3v) is 2.78. The number of aromatic carboxylic acids is 1. The number of rotatable bonds is 4. The molecule has 0 fully saturated rings. The molecule has 5 heteroatoms. The highest BCUT2D eigenvalue weighted by Gasteiger charge is 2.08. The van der Waals surface area contributed by atoms with Gasteiger partial charge in [-0.15, -0.1) is 0 Å². The lowest BCUT2D eigenvalue weighted by Gasteiger charge is -2.03. The summed E-state index contributed by atoms with van der Waals surface area (Å²) in [7, 11) is 0.